The van der Waals surface area contributed by atoms with Crippen LogP contribution in [0.5, 0.6) is 5.75 Å². The summed E-state index contributed by atoms with van der Waals surface area (Å²) in [6.45, 7) is 2.08. The Morgan fingerprint density at radius 2 is 2.20 bits per heavy atom. The van der Waals surface area contributed by atoms with E-state index in [1.54, 1.807) is 7.11 Å². The average molecular weight is 202 g/mol. The van der Waals surface area contributed by atoms with E-state index >= 15 is 0 Å². The van der Waals surface area contributed by atoms with E-state index in [1.807, 2.05) is 6.07 Å². The summed E-state index contributed by atoms with van der Waals surface area (Å²) in [5.41, 5.74) is 2.20. The third-order valence-electron chi connectivity index (χ3n) is 2.88. The zero-order chi connectivity index (χ0) is 10.4. The molecule has 1 aromatic carbocycles. The van der Waals surface area contributed by atoms with Crippen LogP contribution in [0.2, 0.25) is 0 Å². The van der Waals surface area contributed by atoms with Crippen molar-refractivity contribution >= 4 is 10.9 Å². The van der Waals surface area contributed by atoms with Gasteiger partial charge in [0.25, 0.3) is 0 Å². The van der Waals surface area contributed by atoms with Crippen molar-refractivity contribution in [3.05, 3.63) is 23.9 Å². The lowest BCUT2D eigenvalue weighted by Gasteiger charge is -2.01. The number of aryl methyl sites for hydroxylation is 1. The van der Waals surface area contributed by atoms with Gasteiger partial charge in [0.15, 0.2) is 0 Å². The largest absolute Gasteiger partial charge is 0.494 e. The van der Waals surface area contributed by atoms with E-state index in [0.29, 0.717) is 6.04 Å². The van der Waals surface area contributed by atoms with Gasteiger partial charge < -0.3 is 4.74 Å². The van der Waals surface area contributed by atoms with Crippen LogP contribution >= 0.6 is 0 Å². The third-order valence-corrected chi connectivity index (χ3v) is 2.88. The maximum absolute atomic E-state index is 5.35. The SMILES string of the molecule is COc1cc(C)cc2cn(C3CC3)nc12. The predicted octanol–water partition coefficient (Wildman–Crippen LogP) is 2.69. The van der Waals surface area contributed by atoms with E-state index in [1.165, 1.54) is 23.8 Å². The molecule has 0 atom stereocenters. The predicted molar refractivity (Wildman–Crippen MR) is 59.3 cm³/mol. The number of hydrogen-bond acceptors (Lipinski definition) is 2. The number of hydrogen-bond donors (Lipinski definition) is 0. The molecule has 0 radical (unpaired) electrons. The van der Waals surface area contributed by atoms with Crippen LogP contribution < -0.4 is 4.74 Å². The summed E-state index contributed by atoms with van der Waals surface area (Å²) in [4.78, 5) is 0. The molecule has 1 saturated carbocycles. The molecule has 2 aromatic rings. The summed E-state index contributed by atoms with van der Waals surface area (Å²) in [5, 5.41) is 5.76. The summed E-state index contributed by atoms with van der Waals surface area (Å²) in [6.07, 6.45) is 4.65. The maximum atomic E-state index is 5.35. The maximum Gasteiger partial charge on any atom is 0.147 e. The van der Waals surface area contributed by atoms with Crippen LogP contribution in [0.4, 0.5) is 0 Å². The molecule has 1 aliphatic rings. The first kappa shape index (κ1) is 8.77. The van der Waals surface area contributed by atoms with Crippen molar-refractivity contribution in [1.82, 2.24) is 9.78 Å². The van der Waals surface area contributed by atoms with E-state index < -0.39 is 0 Å². The molecular weight excluding hydrogens is 188 g/mol. The van der Waals surface area contributed by atoms with Crippen LogP contribution in [-0.4, -0.2) is 16.9 Å². The normalized spacial score (nSPS) is 15.9. The second-order valence-electron chi connectivity index (χ2n) is 4.25. The van der Waals surface area contributed by atoms with Gasteiger partial charge in [-0.25, -0.2) is 0 Å². The van der Waals surface area contributed by atoms with Crippen molar-refractivity contribution in [1.29, 1.82) is 0 Å². The Labute approximate surface area is 88.7 Å². The minimum absolute atomic E-state index is 0.627. The van der Waals surface area contributed by atoms with Gasteiger partial charge in [-0.2, -0.15) is 5.10 Å². The molecule has 15 heavy (non-hydrogen) atoms. The first-order valence-corrected chi connectivity index (χ1v) is 5.31. The van der Waals surface area contributed by atoms with Gasteiger partial charge in [-0.15, -0.1) is 0 Å². The molecular formula is C12H14N2O. The van der Waals surface area contributed by atoms with E-state index in [9.17, 15) is 0 Å². The van der Waals surface area contributed by atoms with Gasteiger partial charge in [0.1, 0.15) is 11.3 Å². The Hall–Kier alpha value is -1.51. The highest BCUT2D eigenvalue weighted by molar-refractivity contribution is 5.85. The number of methoxy groups -OCH3 is 1. The van der Waals surface area contributed by atoms with Gasteiger partial charge in [-0.3, -0.25) is 4.68 Å². The van der Waals surface area contributed by atoms with Gasteiger partial charge >= 0.3 is 0 Å². The molecule has 3 rings (SSSR count). The molecule has 1 aromatic heterocycles. The Bertz CT molecular complexity index is 512. The molecule has 78 valence electrons. The lowest BCUT2D eigenvalue weighted by Crippen LogP contribution is -1.93. The van der Waals surface area contributed by atoms with Gasteiger partial charge in [0.2, 0.25) is 0 Å². The minimum Gasteiger partial charge on any atom is -0.494 e. The lowest BCUT2D eigenvalue weighted by molar-refractivity contribution is 0.418. The molecule has 0 saturated heterocycles. The number of nitrogens with zero attached hydrogens (tertiary/aromatic N) is 2. The van der Waals surface area contributed by atoms with E-state index in [0.717, 1.165) is 11.3 Å². The third kappa shape index (κ3) is 1.39. The van der Waals surface area contributed by atoms with Crippen LogP contribution in [0.1, 0.15) is 24.4 Å². The second kappa shape index (κ2) is 2.99. The highest BCUT2D eigenvalue weighted by atomic mass is 16.5. The van der Waals surface area contributed by atoms with Crippen molar-refractivity contribution in [2.75, 3.05) is 7.11 Å². The molecule has 1 heterocycles. The second-order valence-corrected chi connectivity index (χ2v) is 4.25. The average Bonchev–Trinajstić information content (AvgIpc) is 2.98. The van der Waals surface area contributed by atoms with Crippen LogP contribution in [0.25, 0.3) is 10.9 Å². The number of aromatic nitrogens is 2. The van der Waals surface area contributed by atoms with Crippen molar-refractivity contribution in [3.63, 3.8) is 0 Å². The fourth-order valence-corrected chi connectivity index (χ4v) is 1.95. The molecule has 0 N–H and O–H groups in total. The summed E-state index contributed by atoms with van der Waals surface area (Å²) in [5.74, 6) is 0.879. The van der Waals surface area contributed by atoms with Gasteiger partial charge in [-0.05, 0) is 37.5 Å². The quantitative estimate of drug-likeness (QED) is 0.748. The van der Waals surface area contributed by atoms with Crippen molar-refractivity contribution in [3.8, 4) is 5.75 Å². The molecule has 0 aliphatic heterocycles. The lowest BCUT2D eigenvalue weighted by atomic mass is 10.2. The zero-order valence-corrected chi connectivity index (χ0v) is 9.03. The number of fused-ring (bicyclic) bond motifs is 1. The van der Waals surface area contributed by atoms with Gasteiger partial charge in [-0.1, -0.05) is 0 Å². The molecule has 3 nitrogen and oxygen atoms in total. The van der Waals surface area contributed by atoms with Crippen LogP contribution in [0, 0.1) is 6.92 Å². The fraction of sp³-hybridized carbons (Fsp3) is 0.417. The fourth-order valence-electron chi connectivity index (χ4n) is 1.95. The van der Waals surface area contributed by atoms with E-state index in [4.69, 9.17) is 4.74 Å². The Morgan fingerprint density at radius 1 is 1.40 bits per heavy atom. The summed E-state index contributed by atoms with van der Waals surface area (Å²) in [7, 11) is 1.70. The topological polar surface area (TPSA) is 27.1 Å². The molecule has 0 unspecified atom stereocenters. The number of ether oxygens (including phenoxy) is 1. The first-order chi connectivity index (χ1) is 7.28. The molecule has 1 fully saturated rings. The molecule has 0 spiro atoms. The van der Waals surface area contributed by atoms with E-state index in [-0.39, 0.29) is 0 Å². The van der Waals surface area contributed by atoms with Crippen molar-refractivity contribution < 1.29 is 4.74 Å². The molecule has 1 aliphatic carbocycles. The number of benzene rings is 1. The molecule has 3 heteroatoms. The monoisotopic (exact) mass is 202 g/mol. The zero-order valence-electron chi connectivity index (χ0n) is 9.03. The highest BCUT2D eigenvalue weighted by Crippen LogP contribution is 2.36. The Morgan fingerprint density at radius 3 is 2.87 bits per heavy atom. The van der Waals surface area contributed by atoms with Crippen molar-refractivity contribution in [2.24, 2.45) is 0 Å². The smallest absolute Gasteiger partial charge is 0.147 e. The van der Waals surface area contributed by atoms with Gasteiger partial charge in [0.05, 0.1) is 13.2 Å². The van der Waals surface area contributed by atoms with E-state index in [2.05, 4.69) is 29.0 Å². The standard InChI is InChI=1S/C12H14N2O/c1-8-5-9-7-14(10-3-4-10)13-12(9)11(6-8)15-2/h5-7,10H,3-4H2,1-2H3. The summed E-state index contributed by atoms with van der Waals surface area (Å²) in [6, 6.07) is 4.82. The minimum atomic E-state index is 0.627. The van der Waals surface area contributed by atoms with Crippen LogP contribution in [0.3, 0.4) is 0 Å². The number of rotatable bonds is 2. The highest BCUT2D eigenvalue weighted by Gasteiger charge is 2.25. The Kier molecular flexibility index (Phi) is 1.75. The summed E-state index contributed by atoms with van der Waals surface area (Å²) >= 11 is 0. The van der Waals surface area contributed by atoms with Crippen molar-refractivity contribution in [2.45, 2.75) is 25.8 Å². The van der Waals surface area contributed by atoms with Crippen LogP contribution in [-0.2, 0) is 0 Å². The first-order valence-electron chi connectivity index (χ1n) is 5.31. The summed E-state index contributed by atoms with van der Waals surface area (Å²) < 4.78 is 7.42. The Balaban J connectivity index is 2.23. The van der Waals surface area contributed by atoms with Crippen LogP contribution in [0.15, 0.2) is 18.3 Å². The molecule has 0 amide bonds. The molecule has 0 bridgehead atoms. The van der Waals surface area contributed by atoms with Gasteiger partial charge in [0, 0.05) is 11.6 Å².